The lowest BCUT2D eigenvalue weighted by Crippen LogP contribution is -2.06. The van der Waals surface area contributed by atoms with E-state index in [4.69, 9.17) is 0 Å². The molecule has 0 aliphatic carbocycles. The summed E-state index contributed by atoms with van der Waals surface area (Å²) in [6.07, 6.45) is 1.76. The number of thiophene rings is 1. The zero-order valence-corrected chi connectivity index (χ0v) is 11.9. The zero-order chi connectivity index (χ0) is 14.7. The van der Waals surface area contributed by atoms with Crippen molar-refractivity contribution in [2.45, 2.75) is 6.54 Å². The van der Waals surface area contributed by atoms with Gasteiger partial charge in [0, 0.05) is 17.8 Å². The number of carbonyl (C=O) groups is 1. The Balaban J connectivity index is 1.81. The number of carboxylic acid groups (broad SMARTS) is 1. The summed E-state index contributed by atoms with van der Waals surface area (Å²) in [5.41, 5.74) is 2.82. The number of carboxylic acids is 1. The van der Waals surface area contributed by atoms with Crippen LogP contribution < -0.4 is 5.32 Å². The van der Waals surface area contributed by atoms with E-state index < -0.39 is 5.97 Å². The maximum absolute atomic E-state index is 11.2. The first kappa shape index (κ1) is 13.4. The van der Waals surface area contributed by atoms with Crippen LogP contribution in [0.15, 0.2) is 48.0 Å². The molecule has 0 bridgehead atoms. The van der Waals surface area contributed by atoms with Crippen molar-refractivity contribution in [1.29, 1.82) is 0 Å². The Morgan fingerprint density at radius 1 is 1.29 bits per heavy atom. The molecule has 0 aliphatic rings. The maximum Gasteiger partial charge on any atom is 0.337 e. The number of aromatic nitrogens is 2. The highest BCUT2D eigenvalue weighted by atomic mass is 32.1. The molecule has 1 aromatic carbocycles. The molecule has 0 saturated carbocycles. The molecule has 0 amide bonds. The van der Waals surface area contributed by atoms with Crippen LogP contribution in [0.4, 0.5) is 5.69 Å². The van der Waals surface area contributed by atoms with Gasteiger partial charge >= 0.3 is 5.97 Å². The van der Waals surface area contributed by atoms with Crippen molar-refractivity contribution in [3.8, 4) is 10.6 Å². The van der Waals surface area contributed by atoms with Gasteiger partial charge in [0.1, 0.15) is 0 Å². The summed E-state index contributed by atoms with van der Waals surface area (Å²) in [5, 5.41) is 21.4. The summed E-state index contributed by atoms with van der Waals surface area (Å²) < 4.78 is 0. The molecule has 0 atom stereocenters. The van der Waals surface area contributed by atoms with Gasteiger partial charge in [-0.2, -0.15) is 5.10 Å². The number of benzene rings is 1. The Kier molecular flexibility index (Phi) is 3.70. The predicted octanol–water partition coefficient (Wildman–Crippen LogP) is 3.45. The fourth-order valence-corrected chi connectivity index (χ4v) is 2.85. The van der Waals surface area contributed by atoms with Crippen molar-refractivity contribution < 1.29 is 9.90 Å². The number of hydrogen-bond acceptors (Lipinski definition) is 4. The summed E-state index contributed by atoms with van der Waals surface area (Å²) >= 11 is 1.63. The Morgan fingerprint density at radius 2 is 2.14 bits per heavy atom. The molecule has 2 heterocycles. The highest BCUT2D eigenvalue weighted by molar-refractivity contribution is 7.13. The summed E-state index contributed by atoms with van der Waals surface area (Å²) in [6, 6.07) is 10.9. The van der Waals surface area contributed by atoms with Crippen LogP contribution in [0.5, 0.6) is 0 Å². The molecule has 3 aromatic rings. The molecular formula is C15H13N3O2S. The molecule has 3 rings (SSSR count). The van der Waals surface area contributed by atoms with Crippen molar-refractivity contribution in [2.75, 3.05) is 5.32 Å². The van der Waals surface area contributed by atoms with Crippen LogP contribution in [0, 0.1) is 0 Å². The normalized spacial score (nSPS) is 10.5. The van der Waals surface area contributed by atoms with Crippen molar-refractivity contribution in [1.82, 2.24) is 10.2 Å². The van der Waals surface area contributed by atoms with E-state index in [2.05, 4.69) is 15.5 Å². The van der Waals surface area contributed by atoms with Gasteiger partial charge in [0.2, 0.25) is 0 Å². The van der Waals surface area contributed by atoms with Crippen molar-refractivity contribution >= 4 is 23.0 Å². The Labute approximate surface area is 125 Å². The van der Waals surface area contributed by atoms with Gasteiger partial charge in [-0.05, 0) is 23.6 Å². The van der Waals surface area contributed by atoms with E-state index >= 15 is 0 Å². The first-order valence-corrected chi connectivity index (χ1v) is 7.26. The van der Waals surface area contributed by atoms with Crippen LogP contribution in [0.25, 0.3) is 10.6 Å². The third kappa shape index (κ3) is 2.80. The number of nitrogens with zero attached hydrogens (tertiary/aromatic N) is 1. The van der Waals surface area contributed by atoms with E-state index in [-0.39, 0.29) is 5.56 Å². The van der Waals surface area contributed by atoms with Crippen LogP contribution in [-0.4, -0.2) is 21.3 Å². The predicted molar refractivity (Wildman–Crippen MR) is 82.6 cm³/mol. The van der Waals surface area contributed by atoms with E-state index in [1.165, 1.54) is 0 Å². The third-order valence-electron chi connectivity index (χ3n) is 3.11. The molecule has 0 unspecified atom stereocenters. The van der Waals surface area contributed by atoms with E-state index in [1.54, 1.807) is 35.7 Å². The van der Waals surface area contributed by atoms with Crippen LogP contribution >= 0.6 is 11.3 Å². The van der Waals surface area contributed by atoms with Crippen molar-refractivity contribution in [2.24, 2.45) is 0 Å². The van der Waals surface area contributed by atoms with Crippen LogP contribution in [0.3, 0.4) is 0 Å². The Morgan fingerprint density at radius 3 is 2.90 bits per heavy atom. The van der Waals surface area contributed by atoms with Crippen LogP contribution in [-0.2, 0) is 6.54 Å². The lowest BCUT2D eigenvalue weighted by Gasteiger charge is -2.09. The molecule has 0 radical (unpaired) electrons. The van der Waals surface area contributed by atoms with Crippen molar-refractivity contribution in [3.63, 3.8) is 0 Å². The standard InChI is InChI=1S/C15H13N3O2S/c19-15(20)11-4-1-2-5-12(11)16-8-10-9-17-18-14(10)13-6-3-7-21-13/h1-7,9,16H,8H2,(H,17,18)(H,19,20). The molecule has 0 spiro atoms. The van der Waals surface area contributed by atoms with Gasteiger partial charge in [-0.25, -0.2) is 4.79 Å². The SMILES string of the molecule is O=C(O)c1ccccc1NCc1cn[nH]c1-c1cccs1. The maximum atomic E-state index is 11.2. The van der Waals surface area contributed by atoms with Gasteiger partial charge in [0.15, 0.2) is 0 Å². The summed E-state index contributed by atoms with van der Waals surface area (Å²) in [6.45, 7) is 0.508. The van der Waals surface area contributed by atoms with Gasteiger partial charge in [-0.3, -0.25) is 5.10 Å². The average Bonchev–Trinajstić information content (AvgIpc) is 3.16. The molecular weight excluding hydrogens is 286 g/mol. The fraction of sp³-hybridized carbons (Fsp3) is 0.0667. The molecule has 0 saturated heterocycles. The second-order valence-electron chi connectivity index (χ2n) is 4.45. The monoisotopic (exact) mass is 299 g/mol. The lowest BCUT2D eigenvalue weighted by atomic mass is 10.1. The highest BCUT2D eigenvalue weighted by Crippen LogP contribution is 2.26. The number of aromatic amines is 1. The molecule has 21 heavy (non-hydrogen) atoms. The minimum Gasteiger partial charge on any atom is -0.478 e. The largest absolute Gasteiger partial charge is 0.478 e. The first-order chi connectivity index (χ1) is 10.3. The van der Waals surface area contributed by atoms with E-state index in [0.29, 0.717) is 12.2 Å². The van der Waals surface area contributed by atoms with Crippen molar-refractivity contribution in [3.05, 3.63) is 59.1 Å². The molecule has 0 fully saturated rings. The number of nitrogens with one attached hydrogen (secondary N) is 2. The summed E-state index contributed by atoms with van der Waals surface area (Å²) in [4.78, 5) is 12.3. The molecule has 106 valence electrons. The second-order valence-corrected chi connectivity index (χ2v) is 5.40. The summed E-state index contributed by atoms with van der Waals surface area (Å²) in [7, 11) is 0. The molecule has 3 N–H and O–H groups in total. The fourth-order valence-electron chi connectivity index (χ4n) is 2.09. The minimum absolute atomic E-state index is 0.263. The van der Waals surface area contributed by atoms with Gasteiger partial charge in [0.05, 0.1) is 22.3 Å². The molecule has 6 heteroatoms. The smallest absolute Gasteiger partial charge is 0.337 e. The lowest BCUT2D eigenvalue weighted by molar-refractivity contribution is 0.0698. The van der Waals surface area contributed by atoms with Crippen LogP contribution in [0.1, 0.15) is 15.9 Å². The minimum atomic E-state index is -0.941. The number of aromatic carboxylic acids is 1. The topological polar surface area (TPSA) is 78.0 Å². The first-order valence-electron chi connectivity index (χ1n) is 6.38. The van der Waals surface area contributed by atoms with Gasteiger partial charge in [0.25, 0.3) is 0 Å². The van der Waals surface area contributed by atoms with Gasteiger partial charge < -0.3 is 10.4 Å². The number of anilines is 1. The van der Waals surface area contributed by atoms with Gasteiger partial charge in [-0.15, -0.1) is 11.3 Å². The quantitative estimate of drug-likeness (QED) is 0.674. The van der Waals surface area contributed by atoms with Crippen LogP contribution in [0.2, 0.25) is 0 Å². The molecule has 5 nitrogen and oxygen atoms in total. The number of para-hydroxylation sites is 1. The molecule has 2 aromatic heterocycles. The van der Waals surface area contributed by atoms with E-state index in [9.17, 15) is 9.90 Å². The average molecular weight is 299 g/mol. The van der Waals surface area contributed by atoms with E-state index in [0.717, 1.165) is 16.1 Å². The Hall–Kier alpha value is -2.60. The zero-order valence-electron chi connectivity index (χ0n) is 11.0. The molecule has 0 aliphatic heterocycles. The highest BCUT2D eigenvalue weighted by Gasteiger charge is 2.11. The third-order valence-corrected chi connectivity index (χ3v) is 4.00. The number of hydrogen-bond donors (Lipinski definition) is 3. The Bertz CT molecular complexity index is 750. The number of H-pyrrole nitrogens is 1. The second kappa shape index (κ2) is 5.80. The number of rotatable bonds is 5. The van der Waals surface area contributed by atoms with Gasteiger partial charge in [-0.1, -0.05) is 18.2 Å². The van der Waals surface area contributed by atoms with E-state index in [1.807, 2.05) is 23.6 Å². The summed E-state index contributed by atoms with van der Waals surface area (Å²) in [5.74, 6) is -0.941.